The Morgan fingerprint density at radius 1 is 0.900 bits per heavy atom. The number of hydrogen-bond donors (Lipinski definition) is 2. The van der Waals surface area contributed by atoms with Crippen LogP contribution < -0.4 is 11.5 Å². The molecule has 2 aliphatic heterocycles. The van der Waals surface area contributed by atoms with Gasteiger partial charge in [-0.2, -0.15) is 0 Å². The van der Waals surface area contributed by atoms with Gasteiger partial charge in [0, 0.05) is 21.2 Å². The van der Waals surface area contributed by atoms with Crippen LogP contribution in [0, 0.1) is 0 Å². The fraction of sp³-hybridized carbons (Fsp3) is 0. The standard InChI is InChI=1S/C6H6N2S2/c7-3-1-5-4(8)2-6(3)10-9-5/h1-2H,7-8H2. The van der Waals surface area contributed by atoms with Gasteiger partial charge in [-0.3, -0.25) is 0 Å². The molecule has 4 N–H and O–H groups in total. The van der Waals surface area contributed by atoms with Crippen LogP contribution in [0.2, 0.25) is 0 Å². The summed E-state index contributed by atoms with van der Waals surface area (Å²) in [5, 5.41) is 0. The third-order valence-electron chi connectivity index (χ3n) is 1.36. The quantitative estimate of drug-likeness (QED) is 0.461. The molecule has 10 heavy (non-hydrogen) atoms. The Labute approximate surface area is 66.8 Å². The second-order valence-corrected chi connectivity index (χ2v) is 4.31. The number of fused-ring (bicyclic) bond motifs is 3. The maximum atomic E-state index is 5.65. The van der Waals surface area contributed by atoms with Gasteiger partial charge in [0.15, 0.2) is 0 Å². The topological polar surface area (TPSA) is 52.0 Å². The second-order valence-electron chi connectivity index (χ2n) is 2.09. The molecule has 0 saturated heterocycles. The highest BCUT2D eigenvalue weighted by atomic mass is 33.1. The largest absolute Gasteiger partial charge is 0.398 e. The van der Waals surface area contributed by atoms with Crippen molar-refractivity contribution in [3.8, 4) is 0 Å². The molecule has 0 amide bonds. The third-order valence-corrected chi connectivity index (χ3v) is 3.84. The van der Waals surface area contributed by atoms with Crippen LogP contribution in [-0.2, 0) is 0 Å². The molecule has 0 unspecified atom stereocenters. The maximum Gasteiger partial charge on any atom is 0.0474 e. The van der Waals surface area contributed by atoms with Gasteiger partial charge in [0.05, 0.1) is 0 Å². The van der Waals surface area contributed by atoms with Gasteiger partial charge in [0.2, 0.25) is 0 Å². The number of rotatable bonds is 0. The van der Waals surface area contributed by atoms with Crippen LogP contribution in [0.25, 0.3) is 0 Å². The fourth-order valence-corrected chi connectivity index (χ4v) is 3.07. The van der Waals surface area contributed by atoms with E-state index in [4.69, 9.17) is 11.5 Å². The zero-order chi connectivity index (χ0) is 7.14. The number of nitrogens with two attached hydrogens (primary N) is 2. The van der Waals surface area contributed by atoms with Gasteiger partial charge in [-0.1, -0.05) is 21.6 Å². The molecule has 2 bridgehead atoms. The lowest BCUT2D eigenvalue weighted by molar-refractivity contribution is 1.36. The van der Waals surface area contributed by atoms with Crippen molar-refractivity contribution in [3.05, 3.63) is 12.1 Å². The van der Waals surface area contributed by atoms with Crippen molar-refractivity contribution >= 4 is 33.0 Å². The van der Waals surface area contributed by atoms with Crippen molar-refractivity contribution in [1.29, 1.82) is 0 Å². The van der Waals surface area contributed by atoms with Gasteiger partial charge in [-0.15, -0.1) is 0 Å². The summed E-state index contributed by atoms with van der Waals surface area (Å²) >= 11 is 0. The Balaban J connectivity index is 2.71. The first kappa shape index (κ1) is 6.24. The number of benzene rings is 1. The summed E-state index contributed by atoms with van der Waals surface area (Å²) in [6.45, 7) is 0. The van der Waals surface area contributed by atoms with Gasteiger partial charge < -0.3 is 11.5 Å². The van der Waals surface area contributed by atoms with Crippen molar-refractivity contribution in [2.75, 3.05) is 11.5 Å². The van der Waals surface area contributed by atoms with E-state index in [1.807, 2.05) is 12.1 Å². The van der Waals surface area contributed by atoms with Gasteiger partial charge in [-0.05, 0) is 12.1 Å². The predicted molar refractivity (Wildman–Crippen MR) is 47.0 cm³/mol. The first-order valence-corrected chi connectivity index (χ1v) is 4.96. The molecule has 0 atom stereocenters. The average Bonchev–Trinajstić information content (AvgIpc) is 1.91. The minimum atomic E-state index is 0.841. The normalized spacial score (nSPS) is 14.0. The van der Waals surface area contributed by atoms with E-state index in [0.29, 0.717) is 0 Å². The van der Waals surface area contributed by atoms with Gasteiger partial charge >= 0.3 is 0 Å². The summed E-state index contributed by atoms with van der Waals surface area (Å²) in [4.78, 5) is 2.16. The highest BCUT2D eigenvalue weighted by molar-refractivity contribution is 8.77. The number of anilines is 2. The van der Waals surface area contributed by atoms with Crippen LogP contribution in [0.5, 0.6) is 0 Å². The zero-order valence-corrected chi connectivity index (χ0v) is 6.76. The molecule has 4 heteroatoms. The number of hydrogen-bond acceptors (Lipinski definition) is 4. The first-order chi connectivity index (χ1) is 4.77. The second kappa shape index (κ2) is 2.00. The van der Waals surface area contributed by atoms with Crippen molar-refractivity contribution < 1.29 is 0 Å². The maximum absolute atomic E-state index is 5.65. The fourth-order valence-electron chi connectivity index (χ4n) is 0.826. The molecule has 0 aromatic heterocycles. The first-order valence-electron chi connectivity index (χ1n) is 2.81. The van der Waals surface area contributed by atoms with E-state index in [1.165, 1.54) is 0 Å². The lowest BCUT2D eigenvalue weighted by Crippen LogP contribution is -1.96. The van der Waals surface area contributed by atoms with Crippen molar-refractivity contribution in [1.82, 2.24) is 0 Å². The van der Waals surface area contributed by atoms with E-state index in [1.54, 1.807) is 21.6 Å². The van der Waals surface area contributed by atoms with Crippen LogP contribution in [0.1, 0.15) is 0 Å². The van der Waals surface area contributed by atoms with Gasteiger partial charge in [0.25, 0.3) is 0 Å². The molecular formula is C6H6N2S2. The van der Waals surface area contributed by atoms with Crippen molar-refractivity contribution in [3.63, 3.8) is 0 Å². The van der Waals surface area contributed by atoms with Gasteiger partial charge in [0.1, 0.15) is 0 Å². The van der Waals surface area contributed by atoms with E-state index in [0.717, 1.165) is 21.2 Å². The summed E-state index contributed by atoms with van der Waals surface area (Å²) in [5.41, 5.74) is 13.0. The summed E-state index contributed by atoms with van der Waals surface area (Å²) in [5.74, 6) is 0. The predicted octanol–water partition coefficient (Wildman–Crippen LogP) is 1.96. The lowest BCUT2D eigenvalue weighted by atomic mass is 10.3. The van der Waals surface area contributed by atoms with Crippen LogP contribution in [0.15, 0.2) is 21.9 Å². The lowest BCUT2D eigenvalue weighted by Gasteiger charge is -2.15. The summed E-state index contributed by atoms with van der Waals surface area (Å²) in [6, 6.07) is 3.84. The van der Waals surface area contributed by atoms with Crippen molar-refractivity contribution in [2.24, 2.45) is 0 Å². The molecule has 3 rings (SSSR count). The summed E-state index contributed by atoms with van der Waals surface area (Å²) in [7, 11) is 3.34. The SMILES string of the molecule is Nc1cc2c(N)cc1SS2. The molecule has 1 aromatic rings. The van der Waals surface area contributed by atoms with E-state index >= 15 is 0 Å². The van der Waals surface area contributed by atoms with Crippen LogP contribution >= 0.6 is 21.6 Å². The number of nitrogen functional groups attached to an aromatic ring is 2. The van der Waals surface area contributed by atoms with E-state index < -0.39 is 0 Å². The molecule has 1 aromatic carbocycles. The zero-order valence-electron chi connectivity index (χ0n) is 5.13. The molecule has 52 valence electrons. The van der Waals surface area contributed by atoms with Crippen LogP contribution in [0.3, 0.4) is 0 Å². The molecule has 0 saturated carbocycles. The summed E-state index contributed by atoms with van der Waals surface area (Å²) in [6.07, 6.45) is 0. The van der Waals surface area contributed by atoms with E-state index in [2.05, 4.69) is 0 Å². The van der Waals surface area contributed by atoms with Crippen molar-refractivity contribution in [2.45, 2.75) is 9.79 Å². The van der Waals surface area contributed by atoms with Crippen LogP contribution in [0.4, 0.5) is 11.4 Å². The Morgan fingerprint density at radius 3 is 1.50 bits per heavy atom. The highest BCUT2D eigenvalue weighted by Gasteiger charge is 2.13. The van der Waals surface area contributed by atoms with E-state index in [9.17, 15) is 0 Å². The molecular weight excluding hydrogens is 164 g/mol. The Hall–Kier alpha value is -0.480. The Kier molecular flexibility index (Phi) is 1.25. The Bertz CT molecular complexity index is 256. The summed E-state index contributed by atoms with van der Waals surface area (Å²) < 4.78 is 0. The molecule has 2 heterocycles. The van der Waals surface area contributed by atoms with E-state index in [-0.39, 0.29) is 0 Å². The Morgan fingerprint density at radius 2 is 1.30 bits per heavy atom. The van der Waals surface area contributed by atoms with Crippen LogP contribution in [-0.4, -0.2) is 0 Å². The highest BCUT2D eigenvalue weighted by Crippen LogP contribution is 2.50. The monoisotopic (exact) mass is 170 g/mol. The van der Waals surface area contributed by atoms with Gasteiger partial charge in [-0.25, -0.2) is 0 Å². The molecule has 0 spiro atoms. The molecule has 0 radical (unpaired) electrons. The third kappa shape index (κ3) is 0.759. The minimum absolute atomic E-state index is 0.841. The molecule has 0 aliphatic carbocycles. The smallest absolute Gasteiger partial charge is 0.0474 e. The minimum Gasteiger partial charge on any atom is -0.398 e. The molecule has 0 fully saturated rings. The molecule has 2 aliphatic rings. The molecule has 2 nitrogen and oxygen atoms in total. The average molecular weight is 170 g/mol.